The highest BCUT2D eigenvalue weighted by atomic mass is 16.5. The lowest BCUT2D eigenvalue weighted by Gasteiger charge is -2.35. The average molecular weight is 450 g/mol. The summed E-state index contributed by atoms with van der Waals surface area (Å²) in [6.45, 7) is 10.1. The first-order valence-electron chi connectivity index (χ1n) is 11.8. The molecule has 0 aliphatic carbocycles. The first-order valence-corrected chi connectivity index (χ1v) is 11.8. The molecule has 2 unspecified atom stereocenters. The van der Waals surface area contributed by atoms with Gasteiger partial charge >= 0.3 is 0 Å². The molecule has 33 heavy (non-hydrogen) atoms. The second-order valence-corrected chi connectivity index (χ2v) is 9.38. The number of piperidine rings is 1. The summed E-state index contributed by atoms with van der Waals surface area (Å²) in [6.07, 6.45) is 2.02. The molecule has 0 radical (unpaired) electrons. The highest BCUT2D eigenvalue weighted by molar-refractivity contribution is 6.32. The number of methoxy groups -OCH3 is 2. The maximum absolute atomic E-state index is 12.9. The summed E-state index contributed by atoms with van der Waals surface area (Å²) in [5.74, 6) is 2.60. The van der Waals surface area contributed by atoms with Crippen LogP contribution in [0.5, 0.6) is 11.5 Å². The van der Waals surface area contributed by atoms with E-state index in [4.69, 9.17) is 9.47 Å². The summed E-state index contributed by atoms with van der Waals surface area (Å²) < 4.78 is 10.8. The maximum atomic E-state index is 12.9. The number of carbonyl (C=O) groups is 1. The van der Waals surface area contributed by atoms with Crippen LogP contribution in [0.4, 0.5) is 11.4 Å². The van der Waals surface area contributed by atoms with Gasteiger partial charge in [-0.25, -0.2) is 0 Å². The van der Waals surface area contributed by atoms with Crippen molar-refractivity contribution < 1.29 is 14.3 Å². The van der Waals surface area contributed by atoms with Gasteiger partial charge in [0.2, 0.25) is 0 Å². The van der Waals surface area contributed by atoms with Gasteiger partial charge in [0, 0.05) is 42.6 Å². The molecular formula is C27H35N3O3. The van der Waals surface area contributed by atoms with Crippen LogP contribution in [0.1, 0.15) is 44.7 Å². The van der Waals surface area contributed by atoms with E-state index in [2.05, 4.69) is 60.6 Å². The van der Waals surface area contributed by atoms with Gasteiger partial charge in [-0.05, 0) is 48.4 Å². The third kappa shape index (κ3) is 5.01. The predicted octanol–water partition coefficient (Wildman–Crippen LogP) is 5.37. The predicted molar refractivity (Wildman–Crippen MR) is 134 cm³/mol. The standard InChI is InChI=1S/C27H35N3O3/c1-6-22(26-21-12-24(32-4)25(33-5)13-23(21)29-27(26)31)28-20-9-7-19(8-10-20)16-30-14-17(2)11-18(3)15-30/h7-10,12-13,17-18,28H,6,11,14-16H2,1-5H3,(H,29,31)/b26-22-. The minimum absolute atomic E-state index is 0.116. The van der Waals surface area contributed by atoms with Gasteiger partial charge < -0.3 is 20.1 Å². The number of hydrogen-bond donors (Lipinski definition) is 2. The SMILES string of the molecule is CC/C(Nc1ccc(CN2CC(C)CC(C)C2)cc1)=C1/C(=O)Nc2cc(OC)c(OC)cc21. The second-order valence-electron chi connectivity index (χ2n) is 9.38. The number of nitrogens with zero attached hydrogens (tertiary/aromatic N) is 1. The zero-order valence-corrected chi connectivity index (χ0v) is 20.3. The number of fused-ring (bicyclic) bond motifs is 1. The Hall–Kier alpha value is -2.99. The zero-order valence-electron chi connectivity index (χ0n) is 20.3. The molecule has 2 aromatic carbocycles. The van der Waals surface area contributed by atoms with Crippen molar-refractivity contribution in [3.05, 3.63) is 53.2 Å². The fourth-order valence-electron chi connectivity index (χ4n) is 5.17. The topological polar surface area (TPSA) is 62.8 Å². The van der Waals surface area contributed by atoms with Gasteiger partial charge in [-0.1, -0.05) is 32.9 Å². The Bertz CT molecular complexity index is 1040. The van der Waals surface area contributed by atoms with Gasteiger partial charge in [0.1, 0.15) is 0 Å². The average Bonchev–Trinajstić information content (AvgIpc) is 3.11. The number of allylic oxidation sites excluding steroid dienone is 1. The summed E-state index contributed by atoms with van der Waals surface area (Å²) in [5.41, 5.74) is 5.38. The number of carbonyl (C=O) groups excluding carboxylic acids is 1. The highest BCUT2D eigenvalue weighted by Crippen LogP contribution is 2.42. The number of benzene rings is 2. The van der Waals surface area contributed by atoms with Crippen molar-refractivity contribution in [2.75, 3.05) is 37.9 Å². The fourth-order valence-corrected chi connectivity index (χ4v) is 5.17. The third-order valence-electron chi connectivity index (χ3n) is 6.52. The molecule has 6 heteroatoms. The van der Waals surface area contributed by atoms with Crippen LogP contribution < -0.4 is 20.1 Å². The molecule has 2 aliphatic heterocycles. The van der Waals surface area contributed by atoms with E-state index >= 15 is 0 Å². The smallest absolute Gasteiger partial charge is 0.258 e. The highest BCUT2D eigenvalue weighted by Gasteiger charge is 2.29. The number of rotatable bonds is 7. The minimum Gasteiger partial charge on any atom is -0.493 e. The molecule has 2 heterocycles. The fraction of sp³-hybridized carbons (Fsp3) is 0.444. The lowest BCUT2D eigenvalue weighted by atomic mass is 9.91. The van der Waals surface area contributed by atoms with Crippen LogP contribution in [0.15, 0.2) is 42.1 Å². The minimum atomic E-state index is -0.116. The number of amides is 1. The van der Waals surface area contributed by atoms with Gasteiger partial charge in [0.15, 0.2) is 11.5 Å². The molecule has 6 nitrogen and oxygen atoms in total. The molecule has 4 rings (SSSR count). The first-order chi connectivity index (χ1) is 15.9. The Morgan fingerprint density at radius 2 is 1.70 bits per heavy atom. The van der Waals surface area contributed by atoms with Crippen molar-refractivity contribution >= 4 is 22.9 Å². The summed E-state index contributed by atoms with van der Waals surface area (Å²) in [4.78, 5) is 15.4. The van der Waals surface area contributed by atoms with Gasteiger partial charge in [-0.2, -0.15) is 0 Å². The summed E-state index contributed by atoms with van der Waals surface area (Å²) in [7, 11) is 3.19. The van der Waals surface area contributed by atoms with E-state index in [9.17, 15) is 4.79 Å². The summed E-state index contributed by atoms with van der Waals surface area (Å²) in [5, 5.41) is 6.44. The summed E-state index contributed by atoms with van der Waals surface area (Å²) in [6, 6.07) is 12.2. The Balaban J connectivity index is 1.54. The molecule has 2 atom stereocenters. The van der Waals surface area contributed by atoms with Gasteiger partial charge in [-0.3, -0.25) is 9.69 Å². The Morgan fingerprint density at radius 3 is 2.30 bits per heavy atom. The molecule has 1 saturated heterocycles. The molecule has 1 amide bonds. The Morgan fingerprint density at radius 1 is 1.06 bits per heavy atom. The largest absolute Gasteiger partial charge is 0.493 e. The van der Waals surface area contributed by atoms with E-state index in [0.29, 0.717) is 23.5 Å². The monoisotopic (exact) mass is 449 g/mol. The number of anilines is 2. The molecule has 0 bridgehead atoms. The van der Waals surface area contributed by atoms with Gasteiger partial charge in [0.25, 0.3) is 5.91 Å². The quantitative estimate of drug-likeness (QED) is 0.557. The molecule has 1 fully saturated rings. The lowest BCUT2D eigenvalue weighted by Crippen LogP contribution is -2.38. The van der Waals surface area contributed by atoms with Crippen LogP contribution in [0.25, 0.3) is 5.57 Å². The van der Waals surface area contributed by atoms with Crippen molar-refractivity contribution in [2.45, 2.75) is 40.2 Å². The van der Waals surface area contributed by atoms with E-state index < -0.39 is 0 Å². The van der Waals surface area contributed by atoms with Crippen molar-refractivity contribution in [1.29, 1.82) is 0 Å². The van der Waals surface area contributed by atoms with Crippen LogP contribution in [0.2, 0.25) is 0 Å². The Kier molecular flexibility index (Phi) is 6.94. The Labute approximate surface area is 197 Å². The van der Waals surface area contributed by atoms with Crippen LogP contribution in [0, 0.1) is 11.8 Å². The van der Waals surface area contributed by atoms with Crippen molar-refractivity contribution in [3.8, 4) is 11.5 Å². The van der Waals surface area contributed by atoms with E-state index in [-0.39, 0.29) is 5.91 Å². The molecule has 2 aromatic rings. The van der Waals surface area contributed by atoms with E-state index in [1.54, 1.807) is 14.2 Å². The van der Waals surface area contributed by atoms with Crippen molar-refractivity contribution in [1.82, 2.24) is 4.90 Å². The number of likely N-dealkylation sites (tertiary alicyclic amines) is 1. The van der Waals surface area contributed by atoms with Crippen LogP contribution in [-0.4, -0.2) is 38.1 Å². The molecule has 2 aliphatic rings. The summed E-state index contributed by atoms with van der Waals surface area (Å²) >= 11 is 0. The van der Waals surface area contributed by atoms with Crippen LogP contribution >= 0.6 is 0 Å². The van der Waals surface area contributed by atoms with Gasteiger partial charge in [0.05, 0.1) is 25.5 Å². The van der Waals surface area contributed by atoms with Gasteiger partial charge in [-0.15, -0.1) is 0 Å². The number of ether oxygens (including phenoxy) is 2. The molecule has 0 saturated carbocycles. The molecule has 176 valence electrons. The number of nitrogens with one attached hydrogen (secondary N) is 2. The van der Waals surface area contributed by atoms with Crippen molar-refractivity contribution in [3.63, 3.8) is 0 Å². The third-order valence-corrected chi connectivity index (χ3v) is 6.52. The molecule has 0 aromatic heterocycles. The van der Waals surface area contributed by atoms with Crippen LogP contribution in [-0.2, 0) is 11.3 Å². The normalized spacial score (nSPS) is 21.9. The molecule has 0 spiro atoms. The van der Waals surface area contributed by atoms with Crippen molar-refractivity contribution in [2.24, 2.45) is 11.8 Å². The zero-order chi connectivity index (χ0) is 23.5. The second kappa shape index (κ2) is 9.87. The maximum Gasteiger partial charge on any atom is 0.258 e. The molecule has 2 N–H and O–H groups in total. The first kappa shape index (κ1) is 23.2. The van der Waals surface area contributed by atoms with Crippen LogP contribution in [0.3, 0.4) is 0 Å². The van der Waals surface area contributed by atoms with E-state index in [1.165, 1.54) is 25.1 Å². The van der Waals surface area contributed by atoms with E-state index in [1.807, 2.05) is 12.1 Å². The van der Waals surface area contributed by atoms with E-state index in [0.717, 1.165) is 41.0 Å². The number of hydrogen-bond acceptors (Lipinski definition) is 5. The lowest BCUT2D eigenvalue weighted by molar-refractivity contribution is -0.110. The molecular weight excluding hydrogens is 414 g/mol.